The summed E-state index contributed by atoms with van der Waals surface area (Å²) in [5, 5.41) is 13.9. The molecule has 134 valence electrons. The second kappa shape index (κ2) is 6.98. The summed E-state index contributed by atoms with van der Waals surface area (Å²) in [5.74, 6) is -0.513. The van der Waals surface area contributed by atoms with Crippen molar-refractivity contribution in [2.45, 2.75) is 25.3 Å². The number of para-hydroxylation sites is 1. The minimum absolute atomic E-state index is 0.0603. The van der Waals surface area contributed by atoms with Gasteiger partial charge in [0.25, 0.3) is 0 Å². The highest BCUT2D eigenvalue weighted by Crippen LogP contribution is 2.29. The van der Waals surface area contributed by atoms with Gasteiger partial charge in [-0.3, -0.25) is 0 Å². The van der Waals surface area contributed by atoms with Crippen molar-refractivity contribution in [2.75, 3.05) is 39.2 Å². The molecule has 6 nitrogen and oxygen atoms in total. The molecule has 0 saturated carbocycles. The molecule has 1 saturated heterocycles. The molecule has 0 unspecified atom stereocenters. The average molecular weight is 343 g/mol. The molecule has 1 aliphatic rings. The van der Waals surface area contributed by atoms with E-state index in [4.69, 9.17) is 4.74 Å². The highest BCUT2D eigenvalue weighted by molar-refractivity contribution is 6.01. The first-order chi connectivity index (χ1) is 11.9. The van der Waals surface area contributed by atoms with Crippen LogP contribution >= 0.6 is 0 Å². The predicted molar refractivity (Wildman–Crippen MR) is 98.4 cm³/mol. The fraction of sp³-hybridized carbons (Fsp3) is 0.474. The van der Waals surface area contributed by atoms with Crippen molar-refractivity contribution in [1.82, 2.24) is 9.88 Å². The van der Waals surface area contributed by atoms with Gasteiger partial charge in [0.15, 0.2) is 0 Å². The number of nitrogens with zero attached hydrogens (tertiary/aromatic N) is 2. The standard InChI is InChI=1S/C19H25N3O3/c1-13-14-6-4-5-7-15(14)21-17(16(13)18(23)24)20-12-19(22(2)3)8-10-25-11-9-19/h4-7H,8-12H2,1-3H3,(H,20,21)(H,23,24). The van der Waals surface area contributed by atoms with Gasteiger partial charge in [-0.15, -0.1) is 0 Å². The molecule has 1 aromatic carbocycles. The Morgan fingerprint density at radius 1 is 1.32 bits per heavy atom. The van der Waals surface area contributed by atoms with E-state index in [-0.39, 0.29) is 11.1 Å². The van der Waals surface area contributed by atoms with E-state index in [0.717, 1.165) is 42.5 Å². The lowest BCUT2D eigenvalue weighted by Gasteiger charge is -2.43. The zero-order valence-corrected chi connectivity index (χ0v) is 15.0. The third kappa shape index (κ3) is 3.32. The van der Waals surface area contributed by atoms with Gasteiger partial charge in [0.05, 0.1) is 5.52 Å². The maximum atomic E-state index is 11.8. The highest BCUT2D eigenvalue weighted by atomic mass is 16.5. The van der Waals surface area contributed by atoms with Gasteiger partial charge in [0.1, 0.15) is 11.4 Å². The SMILES string of the molecule is Cc1c(C(=O)O)c(NCC2(N(C)C)CCOCC2)nc2ccccc12. The van der Waals surface area contributed by atoms with E-state index in [1.807, 2.05) is 31.2 Å². The number of aromatic nitrogens is 1. The van der Waals surface area contributed by atoms with Gasteiger partial charge in [0.2, 0.25) is 0 Å². The third-order valence-corrected chi connectivity index (χ3v) is 5.32. The number of anilines is 1. The first-order valence-corrected chi connectivity index (χ1v) is 8.56. The number of carboxylic acid groups (broad SMARTS) is 1. The van der Waals surface area contributed by atoms with E-state index < -0.39 is 5.97 Å². The molecule has 0 amide bonds. The number of likely N-dealkylation sites (N-methyl/N-ethyl adjacent to an activating group) is 1. The second-order valence-corrected chi connectivity index (χ2v) is 6.87. The van der Waals surface area contributed by atoms with Gasteiger partial charge in [-0.2, -0.15) is 0 Å². The molecule has 0 atom stereocenters. The van der Waals surface area contributed by atoms with Gasteiger partial charge < -0.3 is 20.1 Å². The minimum Gasteiger partial charge on any atom is -0.478 e. The van der Waals surface area contributed by atoms with Crippen LogP contribution in [0.25, 0.3) is 10.9 Å². The maximum Gasteiger partial charge on any atom is 0.339 e. The summed E-state index contributed by atoms with van der Waals surface area (Å²) in [6.45, 7) is 3.91. The molecule has 1 aliphatic heterocycles. The topological polar surface area (TPSA) is 74.7 Å². The summed E-state index contributed by atoms with van der Waals surface area (Å²) in [4.78, 5) is 18.6. The number of carboxylic acids is 1. The predicted octanol–water partition coefficient (Wildman–Crippen LogP) is 2.76. The second-order valence-electron chi connectivity index (χ2n) is 6.87. The van der Waals surface area contributed by atoms with Crippen molar-refractivity contribution >= 4 is 22.7 Å². The van der Waals surface area contributed by atoms with Crippen LogP contribution in [0.5, 0.6) is 0 Å². The number of pyridine rings is 1. The number of fused-ring (bicyclic) bond motifs is 1. The smallest absolute Gasteiger partial charge is 0.339 e. The minimum atomic E-state index is -0.955. The summed E-state index contributed by atoms with van der Waals surface area (Å²) in [6, 6.07) is 7.64. The molecular weight excluding hydrogens is 318 g/mol. The van der Waals surface area contributed by atoms with Crippen molar-refractivity contribution in [1.29, 1.82) is 0 Å². The summed E-state index contributed by atoms with van der Waals surface area (Å²) in [6.07, 6.45) is 1.81. The first kappa shape index (κ1) is 17.6. The Morgan fingerprint density at radius 2 is 2.00 bits per heavy atom. The molecule has 2 aromatic rings. The average Bonchev–Trinajstić information content (AvgIpc) is 2.60. The van der Waals surface area contributed by atoms with E-state index in [2.05, 4.69) is 29.3 Å². The molecule has 6 heteroatoms. The Bertz CT molecular complexity index is 783. The van der Waals surface area contributed by atoms with Crippen LogP contribution in [-0.2, 0) is 4.74 Å². The molecule has 3 rings (SSSR count). The molecule has 0 spiro atoms. The number of ether oxygens (including phenoxy) is 1. The van der Waals surface area contributed by atoms with Crippen molar-refractivity contribution in [2.24, 2.45) is 0 Å². The number of carbonyl (C=O) groups is 1. The lowest BCUT2D eigenvalue weighted by atomic mass is 9.88. The normalized spacial score (nSPS) is 17.0. The van der Waals surface area contributed by atoms with Crippen LogP contribution in [0.4, 0.5) is 5.82 Å². The first-order valence-electron chi connectivity index (χ1n) is 8.56. The zero-order valence-electron chi connectivity index (χ0n) is 15.0. The summed E-state index contributed by atoms with van der Waals surface area (Å²) < 4.78 is 5.50. The van der Waals surface area contributed by atoms with Crippen LogP contribution in [0, 0.1) is 6.92 Å². The van der Waals surface area contributed by atoms with E-state index in [1.165, 1.54) is 0 Å². The van der Waals surface area contributed by atoms with Crippen molar-refractivity contribution < 1.29 is 14.6 Å². The number of hydrogen-bond acceptors (Lipinski definition) is 5. The van der Waals surface area contributed by atoms with Crippen molar-refractivity contribution in [3.05, 3.63) is 35.4 Å². The third-order valence-electron chi connectivity index (χ3n) is 5.32. The lowest BCUT2D eigenvalue weighted by molar-refractivity contribution is -0.000683. The monoisotopic (exact) mass is 343 g/mol. The molecule has 0 bridgehead atoms. The summed E-state index contributed by atoms with van der Waals surface area (Å²) >= 11 is 0. The largest absolute Gasteiger partial charge is 0.478 e. The Balaban J connectivity index is 1.97. The van der Waals surface area contributed by atoms with Crippen LogP contribution in [0.15, 0.2) is 24.3 Å². The Morgan fingerprint density at radius 3 is 2.64 bits per heavy atom. The number of hydrogen-bond donors (Lipinski definition) is 2. The number of nitrogens with one attached hydrogen (secondary N) is 1. The summed E-state index contributed by atoms with van der Waals surface area (Å²) in [7, 11) is 4.12. The highest BCUT2D eigenvalue weighted by Gasteiger charge is 2.35. The van der Waals surface area contributed by atoms with E-state index in [9.17, 15) is 9.90 Å². The quantitative estimate of drug-likeness (QED) is 0.869. The van der Waals surface area contributed by atoms with Crippen LogP contribution in [0.2, 0.25) is 0 Å². The van der Waals surface area contributed by atoms with Gasteiger partial charge in [-0.1, -0.05) is 18.2 Å². The van der Waals surface area contributed by atoms with Gasteiger partial charge >= 0.3 is 5.97 Å². The fourth-order valence-corrected chi connectivity index (χ4v) is 3.55. The fourth-order valence-electron chi connectivity index (χ4n) is 3.55. The molecule has 1 fully saturated rings. The molecule has 2 N–H and O–H groups in total. The van der Waals surface area contributed by atoms with E-state index in [0.29, 0.717) is 12.4 Å². The molecule has 0 aliphatic carbocycles. The molecule has 25 heavy (non-hydrogen) atoms. The van der Waals surface area contributed by atoms with E-state index in [1.54, 1.807) is 0 Å². The van der Waals surface area contributed by atoms with Gasteiger partial charge in [-0.05, 0) is 45.5 Å². The number of aromatic carboxylic acids is 1. The number of aryl methyl sites for hydroxylation is 1. The van der Waals surface area contributed by atoms with Gasteiger partial charge in [0, 0.05) is 30.7 Å². The van der Waals surface area contributed by atoms with Crippen LogP contribution < -0.4 is 5.32 Å². The molecule has 1 aromatic heterocycles. The molecule has 0 radical (unpaired) electrons. The van der Waals surface area contributed by atoms with Crippen molar-refractivity contribution in [3.8, 4) is 0 Å². The Hall–Kier alpha value is -2.18. The Kier molecular flexibility index (Phi) is 4.92. The van der Waals surface area contributed by atoms with Gasteiger partial charge in [-0.25, -0.2) is 9.78 Å². The molecule has 2 heterocycles. The lowest BCUT2D eigenvalue weighted by Crippen LogP contribution is -2.53. The number of rotatable bonds is 5. The van der Waals surface area contributed by atoms with E-state index >= 15 is 0 Å². The van der Waals surface area contributed by atoms with Crippen LogP contribution in [0.3, 0.4) is 0 Å². The van der Waals surface area contributed by atoms with Crippen LogP contribution in [-0.4, -0.2) is 60.4 Å². The maximum absolute atomic E-state index is 11.8. The zero-order chi connectivity index (χ0) is 18.0. The molecular formula is C19H25N3O3. The number of benzene rings is 1. The summed E-state index contributed by atoms with van der Waals surface area (Å²) in [5.41, 5.74) is 1.74. The van der Waals surface area contributed by atoms with Crippen molar-refractivity contribution in [3.63, 3.8) is 0 Å². The van der Waals surface area contributed by atoms with Crippen LogP contribution in [0.1, 0.15) is 28.8 Å². The Labute approximate surface area is 147 Å².